The van der Waals surface area contributed by atoms with Gasteiger partial charge in [-0.2, -0.15) is 0 Å². The first-order chi connectivity index (χ1) is 21.4. The van der Waals surface area contributed by atoms with Crippen LogP contribution in [-0.2, 0) is 21.4 Å². The lowest BCUT2D eigenvalue weighted by molar-refractivity contribution is -0.151. The second kappa shape index (κ2) is 12.4. The van der Waals surface area contributed by atoms with E-state index in [-0.39, 0.29) is 39.2 Å². The average molecular weight is 657 g/mol. The van der Waals surface area contributed by atoms with Crippen LogP contribution < -0.4 is 21.8 Å². The van der Waals surface area contributed by atoms with Crippen LogP contribution in [0.25, 0.3) is 0 Å². The molecular weight excluding hydrogens is 632 g/mol. The number of thioether (sulfide) groups is 2. The minimum absolute atomic E-state index is 0.0380. The number of β-lactam (4-membered cyclic amide) rings is 1. The number of aromatic nitrogens is 3. The van der Waals surface area contributed by atoms with Gasteiger partial charge in [0, 0.05) is 24.1 Å². The Morgan fingerprint density at radius 2 is 1.80 bits per heavy atom. The number of carbonyl (C=O) groups excluding carboxylic acids is 3. The second-order valence-electron chi connectivity index (χ2n) is 9.84. The van der Waals surface area contributed by atoms with Crippen molar-refractivity contribution in [2.24, 2.45) is 7.05 Å². The van der Waals surface area contributed by atoms with Gasteiger partial charge in [-0.15, -0.1) is 16.9 Å². The van der Waals surface area contributed by atoms with Crippen LogP contribution in [0.5, 0.6) is 17.2 Å². The Bertz CT molecular complexity index is 1870. The number of carboxylic acids is 1. The summed E-state index contributed by atoms with van der Waals surface area (Å²) in [6.07, 6.45) is 0. The molecule has 45 heavy (non-hydrogen) atoms. The molecule has 0 aliphatic carbocycles. The van der Waals surface area contributed by atoms with Gasteiger partial charge in [-0.25, -0.2) is 9.89 Å². The van der Waals surface area contributed by atoms with Gasteiger partial charge < -0.3 is 31.1 Å². The van der Waals surface area contributed by atoms with Crippen LogP contribution in [0.3, 0.4) is 0 Å². The molecule has 2 unspecified atom stereocenters. The van der Waals surface area contributed by atoms with E-state index in [1.54, 1.807) is 0 Å². The van der Waals surface area contributed by atoms with Crippen molar-refractivity contribution in [1.29, 1.82) is 0 Å². The average Bonchev–Trinajstić information content (AvgIpc) is 3.02. The first-order valence-corrected chi connectivity index (χ1v) is 15.0. The largest absolute Gasteiger partial charge is 0.508 e. The third kappa shape index (κ3) is 6.09. The zero-order valence-corrected chi connectivity index (χ0v) is 24.7. The maximum absolute atomic E-state index is 13.5. The number of nitrogens with one attached hydrogen (secondary N) is 3. The highest BCUT2D eigenvalue weighted by atomic mass is 32.2. The summed E-state index contributed by atoms with van der Waals surface area (Å²) in [6, 6.07) is 6.19. The first-order valence-electron chi connectivity index (χ1n) is 13.0. The number of phenolic OH excluding ortho intramolecular Hbond substituents is 3. The first kappa shape index (κ1) is 31.2. The topological polar surface area (TPSA) is 244 Å². The SMILES string of the molecule is Cn1c(SCC2=C(C(=O)O)N3C(=O)C(NC(=O)C(NC(=O)c4ccc(O)c(O)c4)c4ccc(O)cc4)[C@@H]3SC2)n[nH]c(=O)c1=O. The van der Waals surface area contributed by atoms with Crippen LogP contribution in [0.1, 0.15) is 22.0 Å². The Hall–Kier alpha value is -5.23. The Labute approximate surface area is 260 Å². The number of carboxylic acid groups (broad SMARTS) is 1. The summed E-state index contributed by atoms with van der Waals surface area (Å²) in [5, 5.41) is 49.4. The predicted molar refractivity (Wildman–Crippen MR) is 159 cm³/mol. The number of hydrogen-bond donors (Lipinski definition) is 7. The van der Waals surface area contributed by atoms with E-state index in [4.69, 9.17) is 0 Å². The number of aromatic hydroxyl groups is 3. The highest BCUT2D eigenvalue weighted by Crippen LogP contribution is 2.41. The van der Waals surface area contributed by atoms with Gasteiger partial charge >= 0.3 is 17.1 Å². The van der Waals surface area contributed by atoms with Gasteiger partial charge in [-0.1, -0.05) is 23.9 Å². The molecule has 1 saturated heterocycles. The molecule has 0 spiro atoms. The molecule has 18 heteroatoms. The summed E-state index contributed by atoms with van der Waals surface area (Å²) in [4.78, 5) is 76.4. The van der Waals surface area contributed by atoms with Gasteiger partial charge in [0.25, 0.3) is 11.8 Å². The third-order valence-corrected chi connectivity index (χ3v) is 9.42. The summed E-state index contributed by atoms with van der Waals surface area (Å²) in [7, 11) is 1.35. The predicted octanol–water partition coefficient (Wildman–Crippen LogP) is -0.413. The number of hydrogen-bond acceptors (Lipinski definition) is 12. The molecule has 16 nitrogen and oxygen atoms in total. The van der Waals surface area contributed by atoms with Crippen molar-refractivity contribution in [2.75, 3.05) is 11.5 Å². The van der Waals surface area contributed by atoms with Gasteiger partial charge in [0.2, 0.25) is 5.91 Å². The number of fused-ring (bicyclic) bond motifs is 1. The molecule has 234 valence electrons. The zero-order valence-electron chi connectivity index (χ0n) is 23.1. The molecule has 1 fully saturated rings. The number of nitrogens with zero attached hydrogens (tertiary/aromatic N) is 3. The van der Waals surface area contributed by atoms with Crippen LogP contribution in [-0.4, -0.2) is 86.7 Å². The van der Waals surface area contributed by atoms with Crippen molar-refractivity contribution in [1.82, 2.24) is 30.3 Å². The van der Waals surface area contributed by atoms with E-state index in [2.05, 4.69) is 20.8 Å². The fourth-order valence-corrected chi connectivity index (χ4v) is 7.02. The van der Waals surface area contributed by atoms with E-state index in [0.29, 0.717) is 5.57 Å². The molecule has 1 aromatic heterocycles. The fourth-order valence-electron chi connectivity index (χ4n) is 4.62. The molecule has 0 bridgehead atoms. The van der Waals surface area contributed by atoms with Crippen molar-refractivity contribution < 1.29 is 39.6 Å². The minimum Gasteiger partial charge on any atom is -0.508 e. The van der Waals surface area contributed by atoms with Crippen LogP contribution in [0.2, 0.25) is 0 Å². The molecule has 5 rings (SSSR count). The Balaban J connectivity index is 1.34. The monoisotopic (exact) mass is 656 g/mol. The van der Waals surface area contributed by atoms with Gasteiger partial charge in [0.15, 0.2) is 16.7 Å². The number of aliphatic carboxylic acids is 1. The number of aromatic amines is 1. The summed E-state index contributed by atoms with van der Waals surface area (Å²) < 4.78 is 1.03. The minimum atomic E-state index is -1.37. The van der Waals surface area contributed by atoms with Crippen molar-refractivity contribution in [3.63, 3.8) is 0 Å². The summed E-state index contributed by atoms with van der Waals surface area (Å²) in [5.41, 5.74) is -1.48. The van der Waals surface area contributed by atoms with Crippen LogP contribution in [0, 0.1) is 0 Å². The molecule has 2 aliphatic rings. The van der Waals surface area contributed by atoms with Gasteiger partial charge in [0.1, 0.15) is 28.9 Å². The van der Waals surface area contributed by atoms with Crippen molar-refractivity contribution >= 4 is 47.2 Å². The van der Waals surface area contributed by atoms with Gasteiger partial charge in [-0.3, -0.25) is 33.4 Å². The summed E-state index contributed by atoms with van der Waals surface area (Å²) in [5.74, 6) is -4.57. The highest BCUT2D eigenvalue weighted by molar-refractivity contribution is 8.01. The number of amides is 3. The molecule has 0 radical (unpaired) electrons. The number of carbonyl (C=O) groups is 4. The number of H-pyrrole nitrogens is 1. The zero-order chi connectivity index (χ0) is 32.6. The smallest absolute Gasteiger partial charge is 0.352 e. The Kier molecular flexibility index (Phi) is 8.60. The molecule has 3 amide bonds. The molecular formula is C27H24N6O10S2. The van der Waals surface area contributed by atoms with Crippen LogP contribution in [0.15, 0.2) is 68.5 Å². The van der Waals surface area contributed by atoms with Crippen LogP contribution >= 0.6 is 23.5 Å². The fraction of sp³-hybridized carbons (Fsp3) is 0.222. The maximum Gasteiger partial charge on any atom is 0.352 e. The lowest BCUT2D eigenvalue weighted by Crippen LogP contribution is -2.71. The Morgan fingerprint density at radius 3 is 2.47 bits per heavy atom. The second-order valence-corrected chi connectivity index (χ2v) is 11.9. The molecule has 2 aliphatic heterocycles. The van der Waals surface area contributed by atoms with Crippen molar-refractivity contribution in [2.45, 2.75) is 22.6 Å². The standard InChI is InChI=1S/C27H24N6O10S2/c1-32-24(41)22(39)30-31-27(32)45-10-13-9-44-25-18(23(40)33(25)19(13)26(42)43)29-21(38)17(11-2-5-14(34)6-3-11)28-20(37)12-4-7-15(35)16(36)8-12/h2-8,17-18,25,34-36H,9-10H2,1H3,(H,28,37)(H,29,38)(H,30,39)(H,42,43)/t17?,18?,25-/m0/s1. The van der Waals surface area contributed by atoms with E-state index in [1.165, 1.54) is 49.1 Å². The molecule has 3 atom stereocenters. The quantitative estimate of drug-likeness (QED) is 0.0671. The summed E-state index contributed by atoms with van der Waals surface area (Å²) >= 11 is 2.20. The molecule has 0 saturated carbocycles. The normalized spacial score (nSPS) is 18.1. The van der Waals surface area contributed by atoms with Crippen molar-refractivity contribution in [3.05, 3.63) is 85.6 Å². The molecule has 2 aromatic carbocycles. The van der Waals surface area contributed by atoms with E-state index in [1.807, 2.05) is 0 Å². The highest BCUT2D eigenvalue weighted by Gasteiger charge is 2.54. The lowest BCUT2D eigenvalue weighted by atomic mass is 10.0. The van der Waals surface area contributed by atoms with Gasteiger partial charge in [0.05, 0.1) is 0 Å². The number of rotatable bonds is 9. The van der Waals surface area contributed by atoms with E-state index >= 15 is 0 Å². The van der Waals surface area contributed by atoms with E-state index < -0.39 is 63.8 Å². The number of benzene rings is 2. The van der Waals surface area contributed by atoms with Crippen molar-refractivity contribution in [3.8, 4) is 17.2 Å². The maximum atomic E-state index is 13.5. The Morgan fingerprint density at radius 1 is 1.09 bits per heavy atom. The van der Waals surface area contributed by atoms with E-state index in [0.717, 1.165) is 33.4 Å². The molecule has 3 heterocycles. The molecule has 3 aromatic rings. The molecule has 7 N–H and O–H groups in total. The van der Waals surface area contributed by atoms with Gasteiger partial charge in [-0.05, 0) is 41.5 Å². The van der Waals surface area contributed by atoms with E-state index in [9.17, 15) is 49.2 Å². The number of phenols is 3. The van der Waals surface area contributed by atoms with Crippen LogP contribution in [0.4, 0.5) is 0 Å². The third-order valence-electron chi connectivity index (χ3n) is 6.96. The lowest BCUT2D eigenvalue weighted by Gasteiger charge is -2.49. The summed E-state index contributed by atoms with van der Waals surface area (Å²) in [6.45, 7) is 0.